The number of carbonyl (C=O) groups excluding carboxylic acids is 1. The zero-order valence-electron chi connectivity index (χ0n) is 11.8. The Kier molecular flexibility index (Phi) is 5.22. The Morgan fingerprint density at radius 1 is 1.43 bits per heavy atom. The molecule has 0 radical (unpaired) electrons. The van der Waals surface area contributed by atoms with Crippen molar-refractivity contribution in [2.24, 2.45) is 0 Å². The van der Waals surface area contributed by atoms with E-state index in [4.69, 9.17) is 11.6 Å². The van der Waals surface area contributed by atoms with E-state index in [1.54, 1.807) is 17.4 Å². The lowest BCUT2D eigenvalue weighted by molar-refractivity contribution is 0.0939. The average Bonchev–Trinajstić information content (AvgIpc) is 2.95. The molecule has 2 N–H and O–H groups in total. The minimum absolute atomic E-state index is 0.0752. The molecular formula is C15H17ClN2O2S. The summed E-state index contributed by atoms with van der Waals surface area (Å²) >= 11 is 7.48. The Labute approximate surface area is 133 Å². The lowest BCUT2D eigenvalue weighted by Crippen LogP contribution is -2.34. The minimum atomic E-state index is -0.336. The highest BCUT2D eigenvalue weighted by molar-refractivity contribution is 7.07. The van der Waals surface area contributed by atoms with Gasteiger partial charge in [0.05, 0.1) is 11.6 Å². The van der Waals surface area contributed by atoms with Gasteiger partial charge in [0.15, 0.2) is 0 Å². The molecule has 0 bridgehead atoms. The second-order valence-corrected chi connectivity index (χ2v) is 6.12. The fourth-order valence-electron chi connectivity index (χ4n) is 2.04. The molecule has 1 aromatic heterocycles. The van der Waals surface area contributed by atoms with Crippen LogP contribution in [0.1, 0.15) is 22.0 Å². The Morgan fingerprint density at radius 3 is 2.81 bits per heavy atom. The number of nitrogens with zero attached hydrogens (tertiary/aromatic N) is 1. The molecule has 2 aromatic rings. The molecule has 0 saturated heterocycles. The number of likely N-dealkylation sites (N-methyl/N-ethyl adjacent to an activating group) is 1. The van der Waals surface area contributed by atoms with Gasteiger partial charge in [0.25, 0.3) is 5.91 Å². The topological polar surface area (TPSA) is 52.6 Å². The molecule has 1 amide bonds. The molecule has 21 heavy (non-hydrogen) atoms. The smallest absolute Gasteiger partial charge is 0.255 e. The van der Waals surface area contributed by atoms with Gasteiger partial charge < -0.3 is 15.3 Å². The quantitative estimate of drug-likeness (QED) is 0.888. The van der Waals surface area contributed by atoms with E-state index in [-0.39, 0.29) is 23.3 Å². The van der Waals surface area contributed by atoms with Gasteiger partial charge in [0.2, 0.25) is 0 Å². The van der Waals surface area contributed by atoms with Crippen LogP contribution >= 0.6 is 22.9 Å². The van der Waals surface area contributed by atoms with E-state index in [0.29, 0.717) is 11.6 Å². The number of benzene rings is 1. The van der Waals surface area contributed by atoms with Crippen molar-refractivity contribution in [3.05, 3.63) is 51.2 Å². The third-order valence-corrected chi connectivity index (χ3v) is 4.15. The van der Waals surface area contributed by atoms with Crippen LogP contribution in [-0.4, -0.2) is 36.6 Å². The molecule has 0 spiro atoms. The Bertz CT molecular complexity index is 614. The SMILES string of the molecule is CN(C)[C@H](CNC(=O)c1cc(Cl)ccc1O)c1ccsc1. The van der Waals surface area contributed by atoms with E-state index in [9.17, 15) is 9.90 Å². The maximum atomic E-state index is 12.2. The molecule has 0 unspecified atom stereocenters. The van der Waals surface area contributed by atoms with Crippen LogP contribution in [-0.2, 0) is 0 Å². The molecule has 0 aliphatic carbocycles. The van der Waals surface area contributed by atoms with E-state index >= 15 is 0 Å². The van der Waals surface area contributed by atoms with Gasteiger partial charge in [-0.1, -0.05) is 11.6 Å². The predicted octanol–water partition coefficient (Wildman–Crippen LogP) is 3.14. The largest absolute Gasteiger partial charge is 0.507 e. The number of aromatic hydroxyl groups is 1. The summed E-state index contributed by atoms with van der Waals surface area (Å²) in [6, 6.07) is 6.54. The van der Waals surface area contributed by atoms with Gasteiger partial charge in [-0.3, -0.25) is 4.79 Å². The predicted molar refractivity (Wildman–Crippen MR) is 86.2 cm³/mol. The number of hydrogen-bond acceptors (Lipinski definition) is 4. The van der Waals surface area contributed by atoms with Crippen LogP contribution < -0.4 is 5.32 Å². The Balaban J connectivity index is 2.07. The van der Waals surface area contributed by atoms with Crippen LogP contribution in [0.25, 0.3) is 0 Å². The van der Waals surface area contributed by atoms with E-state index in [0.717, 1.165) is 5.56 Å². The summed E-state index contributed by atoms with van der Waals surface area (Å²) in [6.45, 7) is 0.453. The van der Waals surface area contributed by atoms with Gasteiger partial charge in [0, 0.05) is 11.6 Å². The monoisotopic (exact) mass is 324 g/mol. The van der Waals surface area contributed by atoms with Crippen molar-refractivity contribution in [2.45, 2.75) is 6.04 Å². The number of halogens is 1. The van der Waals surface area contributed by atoms with Crippen LogP contribution in [0.5, 0.6) is 5.75 Å². The van der Waals surface area contributed by atoms with Gasteiger partial charge in [-0.15, -0.1) is 0 Å². The molecule has 1 atom stereocenters. The van der Waals surface area contributed by atoms with Crippen molar-refractivity contribution >= 4 is 28.8 Å². The molecule has 4 nitrogen and oxygen atoms in total. The number of phenols is 1. The molecule has 0 aliphatic heterocycles. The van der Waals surface area contributed by atoms with Gasteiger partial charge >= 0.3 is 0 Å². The summed E-state index contributed by atoms with van der Waals surface area (Å²) in [4.78, 5) is 14.2. The zero-order valence-corrected chi connectivity index (χ0v) is 13.4. The second kappa shape index (κ2) is 6.93. The fraction of sp³-hybridized carbons (Fsp3) is 0.267. The molecule has 1 aromatic carbocycles. The molecule has 112 valence electrons. The highest BCUT2D eigenvalue weighted by atomic mass is 35.5. The standard InChI is InChI=1S/C15H17ClN2O2S/c1-18(2)13(10-5-6-21-9-10)8-17-15(20)12-7-11(16)3-4-14(12)19/h3-7,9,13,19H,8H2,1-2H3,(H,17,20)/t13-/m1/s1. The first kappa shape index (κ1) is 15.8. The molecule has 1 heterocycles. The van der Waals surface area contributed by atoms with Gasteiger partial charge in [-0.2, -0.15) is 11.3 Å². The molecule has 6 heteroatoms. The van der Waals surface area contributed by atoms with Gasteiger partial charge in [-0.25, -0.2) is 0 Å². The molecular weight excluding hydrogens is 308 g/mol. The lowest BCUT2D eigenvalue weighted by atomic mass is 10.1. The maximum Gasteiger partial charge on any atom is 0.255 e. The first-order valence-electron chi connectivity index (χ1n) is 6.44. The van der Waals surface area contributed by atoms with E-state index in [2.05, 4.69) is 10.7 Å². The molecule has 0 saturated carbocycles. The molecule has 0 fully saturated rings. The van der Waals surface area contributed by atoms with Crippen LogP contribution in [0.15, 0.2) is 35.0 Å². The minimum Gasteiger partial charge on any atom is -0.507 e. The van der Waals surface area contributed by atoms with Crippen molar-refractivity contribution in [1.29, 1.82) is 0 Å². The van der Waals surface area contributed by atoms with Crippen LogP contribution in [0.3, 0.4) is 0 Å². The van der Waals surface area contributed by atoms with E-state index in [1.165, 1.54) is 12.1 Å². The first-order valence-corrected chi connectivity index (χ1v) is 7.76. The first-order chi connectivity index (χ1) is 9.99. The summed E-state index contributed by atoms with van der Waals surface area (Å²) in [5, 5.41) is 17.1. The third-order valence-electron chi connectivity index (χ3n) is 3.21. The van der Waals surface area contributed by atoms with Gasteiger partial charge in [-0.05, 0) is 54.7 Å². The van der Waals surface area contributed by atoms with E-state index < -0.39 is 0 Å². The van der Waals surface area contributed by atoms with Crippen LogP contribution in [0.4, 0.5) is 0 Å². The summed E-state index contributed by atoms with van der Waals surface area (Å²) in [5.74, 6) is -0.411. The number of rotatable bonds is 5. The second-order valence-electron chi connectivity index (χ2n) is 4.91. The van der Waals surface area contributed by atoms with Crippen molar-refractivity contribution in [3.8, 4) is 5.75 Å². The van der Waals surface area contributed by atoms with Gasteiger partial charge in [0.1, 0.15) is 5.75 Å². The number of phenolic OH excluding ortho intramolecular Hbond substituents is 1. The van der Waals surface area contributed by atoms with Crippen molar-refractivity contribution in [2.75, 3.05) is 20.6 Å². The third kappa shape index (κ3) is 3.97. The highest BCUT2D eigenvalue weighted by Gasteiger charge is 2.17. The summed E-state index contributed by atoms with van der Waals surface area (Å²) in [7, 11) is 3.93. The number of thiophene rings is 1. The number of carbonyl (C=O) groups is 1. The Morgan fingerprint density at radius 2 is 2.19 bits per heavy atom. The molecule has 0 aliphatic rings. The number of hydrogen-bond donors (Lipinski definition) is 2. The number of amides is 1. The maximum absolute atomic E-state index is 12.2. The Hall–Kier alpha value is -1.56. The summed E-state index contributed by atoms with van der Waals surface area (Å²) in [5.41, 5.74) is 1.34. The van der Waals surface area contributed by atoms with Crippen molar-refractivity contribution in [3.63, 3.8) is 0 Å². The van der Waals surface area contributed by atoms with Crippen LogP contribution in [0.2, 0.25) is 5.02 Å². The van der Waals surface area contributed by atoms with E-state index in [1.807, 2.05) is 30.4 Å². The summed E-state index contributed by atoms with van der Waals surface area (Å²) < 4.78 is 0. The highest BCUT2D eigenvalue weighted by Crippen LogP contribution is 2.23. The normalized spacial score (nSPS) is 12.4. The zero-order chi connectivity index (χ0) is 15.4. The average molecular weight is 325 g/mol. The summed E-state index contributed by atoms with van der Waals surface area (Å²) in [6.07, 6.45) is 0. The van der Waals surface area contributed by atoms with Crippen LogP contribution in [0, 0.1) is 0 Å². The number of nitrogens with one attached hydrogen (secondary N) is 1. The molecule has 2 rings (SSSR count). The fourth-order valence-corrected chi connectivity index (χ4v) is 2.92. The van der Waals surface area contributed by atoms with Crippen molar-refractivity contribution < 1.29 is 9.90 Å². The van der Waals surface area contributed by atoms with Crippen molar-refractivity contribution in [1.82, 2.24) is 10.2 Å². The lowest BCUT2D eigenvalue weighted by Gasteiger charge is -2.24.